The lowest BCUT2D eigenvalue weighted by Gasteiger charge is -2.12. The van der Waals surface area contributed by atoms with E-state index in [0.29, 0.717) is 6.07 Å². The quantitative estimate of drug-likeness (QED) is 0.248. The van der Waals surface area contributed by atoms with E-state index in [9.17, 15) is 41.8 Å². The van der Waals surface area contributed by atoms with Gasteiger partial charge in [-0.05, 0) is 26.8 Å². The number of nitro benzene ring substituents is 1. The molecule has 0 aliphatic heterocycles. The second-order valence-electron chi connectivity index (χ2n) is 6.25. The van der Waals surface area contributed by atoms with Crippen LogP contribution in [0.5, 0.6) is 0 Å². The molecule has 0 aliphatic rings. The van der Waals surface area contributed by atoms with E-state index in [-0.39, 0.29) is 12.8 Å². The summed E-state index contributed by atoms with van der Waals surface area (Å²) in [5.41, 5.74) is -2.12. The van der Waals surface area contributed by atoms with Gasteiger partial charge in [0.1, 0.15) is 4.90 Å². The van der Waals surface area contributed by atoms with Gasteiger partial charge in [-0.3, -0.25) is 10.1 Å². The second kappa shape index (κ2) is 9.40. The maximum Gasteiger partial charge on any atom is 0.417 e. The van der Waals surface area contributed by atoms with Gasteiger partial charge in [0.15, 0.2) is 7.14 Å². The predicted octanol–water partition coefficient (Wildman–Crippen LogP) is 1.40. The maximum absolute atomic E-state index is 13.4. The lowest BCUT2D eigenvalue weighted by molar-refractivity contribution is -1.03. The topological polar surface area (TPSA) is 127 Å². The zero-order chi connectivity index (χ0) is 24.4. The van der Waals surface area contributed by atoms with Gasteiger partial charge in [0.05, 0.1) is 27.5 Å². The molecule has 0 heterocycles. The number of nitro groups is 1. The lowest BCUT2D eigenvalue weighted by atomic mass is 10.2. The van der Waals surface area contributed by atoms with Crippen LogP contribution in [-0.4, -0.2) is 23.5 Å². The average Bonchev–Trinajstić information content (AvgIpc) is 2.77. The Morgan fingerprint density at radius 3 is 1.97 bits per heavy atom. The van der Waals surface area contributed by atoms with Gasteiger partial charge in [0.25, 0.3) is 10.6 Å². The Kier molecular flexibility index (Phi) is 6.99. The van der Waals surface area contributed by atoms with Crippen molar-refractivity contribution in [1.82, 2.24) is 0 Å². The molecule has 0 unspecified atom stereocenters. The fourth-order valence-electron chi connectivity index (χ4n) is 2.63. The largest absolute Gasteiger partial charge is 0.417 e. The van der Waals surface area contributed by atoms with Crippen LogP contribution in [0.2, 0.25) is 0 Å². The van der Waals surface area contributed by atoms with Gasteiger partial charge in [0, 0.05) is 12.1 Å². The van der Waals surface area contributed by atoms with E-state index < -0.39 is 62.5 Å². The Morgan fingerprint density at radius 1 is 0.879 bits per heavy atom. The fourth-order valence-corrected chi connectivity index (χ4v) is 9.95. The minimum Gasteiger partial charge on any atom is -0.258 e. The number of nitrogens with zero attached hydrogens (tertiary/aromatic N) is 2. The summed E-state index contributed by atoms with van der Waals surface area (Å²) < 4.78 is 71.6. The standard InChI is InChI=1S/C19H13F3IN2O7S/c20-19(21,22)17-9-1-2-10-18(17)33(30,31)32-23(13-5-3-7-15(11-13)24(26)27)14-6-4-8-16(12-14)25(28)29/h1-12H,(H,26,27)/q+2. The van der Waals surface area contributed by atoms with Crippen molar-refractivity contribution in [2.75, 3.05) is 0 Å². The molecule has 0 aliphatic carbocycles. The molecule has 9 nitrogen and oxygen atoms in total. The molecule has 1 N–H and O–H groups in total. The van der Waals surface area contributed by atoms with Crippen molar-refractivity contribution in [3.8, 4) is 0 Å². The Bertz CT molecular complexity index is 1280. The van der Waals surface area contributed by atoms with Gasteiger partial charge >= 0.3 is 42.2 Å². The molecule has 0 saturated heterocycles. The zero-order valence-corrected chi connectivity index (χ0v) is 19.1. The first-order valence-electron chi connectivity index (χ1n) is 8.72. The summed E-state index contributed by atoms with van der Waals surface area (Å²) >= 11 is -3.73. The highest BCUT2D eigenvalue weighted by Crippen LogP contribution is 2.34. The maximum atomic E-state index is 13.4. The number of hydrogen-bond acceptors (Lipinski definition) is 6. The summed E-state index contributed by atoms with van der Waals surface area (Å²) in [7, 11) is -5.01. The normalized spacial score (nSPS) is 12.0. The van der Waals surface area contributed by atoms with Gasteiger partial charge in [-0.15, -0.1) is 0 Å². The highest BCUT2D eigenvalue weighted by Gasteiger charge is 2.44. The third kappa shape index (κ3) is 5.63. The molecule has 3 rings (SSSR count). The summed E-state index contributed by atoms with van der Waals surface area (Å²) in [5, 5.41) is 20.4. The molecule has 173 valence electrons. The SMILES string of the molecule is O=[N+]([O-])c1cccc([I+](OS(=O)(=O)c2ccccc2C(F)(F)F)c2cccc([N+](=O)O)c2)c1. The van der Waals surface area contributed by atoms with E-state index in [1.807, 2.05) is 0 Å². The van der Waals surface area contributed by atoms with E-state index in [1.54, 1.807) is 0 Å². The van der Waals surface area contributed by atoms with E-state index >= 15 is 0 Å². The van der Waals surface area contributed by atoms with Crippen LogP contribution in [0.3, 0.4) is 0 Å². The monoisotopic (exact) mass is 597 g/mol. The van der Waals surface area contributed by atoms with Crippen molar-refractivity contribution >= 4 is 21.5 Å². The Hall–Kier alpha value is -3.11. The molecule has 0 aromatic heterocycles. The number of halogens is 4. The van der Waals surface area contributed by atoms with Gasteiger partial charge in [-0.25, -0.2) is 5.21 Å². The van der Waals surface area contributed by atoms with Crippen LogP contribution in [0.25, 0.3) is 0 Å². The van der Waals surface area contributed by atoms with Gasteiger partial charge in [0.2, 0.25) is 0 Å². The fraction of sp³-hybridized carbons (Fsp3) is 0.0526. The highest BCUT2D eigenvalue weighted by atomic mass is 127. The first kappa shape index (κ1) is 24.5. The lowest BCUT2D eigenvalue weighted by Crippen LogP contribution is -3.85. The number of rotatable bonds is 7. The molecule has 3 aromatic carbocycles. The summed E-state index contributed by atoms with van der Waals surface area (Å²) in [6.07, 6.45) is -4.99. The molecule has 0 atom stereocenters. The van der Waals surface area contributed by atoms with Crippen molar-refractivity contribution in [3.63, 3.8) is 0 Å². The molecule has 0 fully saturated rings. The van der Waals surface area contributed by atoms with Crippen LogP contribution in [-0.2, 0) is 18.8 Å². The van der Waals surface area contributed by atoms with Gasteiger partial charge < -0.3 is 0 Å². The van der Waals surface area contributed by atoms with Crippen molar-refractivity contribution in [1.29, 1.82) is 0 Å². The van der Waals surface area contributed by atoms with E-state index in [0.717, 1.165) is 36.4 Å². The third-order valence-electron chi connectivity index (χ3n) is 4.05. The van der Waals surface area contributed by atoms with E-state index in [4.69, 9.17) is 2.51 Å². The average molecular weight is 597 g/mol. The number of benzene rings is 3. The smallest absolute Gasteiger partial charge is 0.258 e. The highest BCUT2D eigenvalue weighted by molar-refractivity contribution is 7.86. The molecule has 0 bridgehead atoms. The summed E-state index contributed by atoms with van der Waals surface area (Å²) in [5.74, 6) is 0. The van der Waals surface area contributed by atoms with Crippen LogP contribution in [0.4, 0.5) is 24.5 Å². The van der Waals surface area contributed by atoms with Gasteiger partial charge in [-0.1, -0.05) is 24.3 Å². The summed E-state index contributed by atoms with van der Waals surface area (Å²) in [6.45, 7) is 0. The first-order chi connectivity index (χ1) is 15.4. The predicted molar refractivity (Wildman–Crippen MR) is 102 cm³/mol. The molecule has 33 heavy (non-hydrogen) atoms. The summed E-state index contributed by atoms with van der Waals surface area (Å²) in [4.78, 5) is 20.1. The van der Waals surface area contributed by atoms with Crippen molar-refractivity contribution < 1.29 is 59.4 Å². The molecular weight excluding hydrogens is 584 g/mol. The molecule has 1 radical (unpaired) electrons. The van der Waals surface area contributed by atoms with Crippen LogP contribution >= 0.6 is 0 Å². The molecule has 14 heteroatoms. The number of alkyl halides is 3. The molecule has 0 spiro atoms. The summed E-state index contributed by atoms with van der Waals surface area (Å²) in [6, 6.07) is 13.2. The van der Waals surface area contributed by atoms with Crippen molar-refractivity contribution in [3.05, 3.63) is 101 Å². The van der Waals surface area contributed by atoms with Crippen LogP contribution < -0.4 is 20.2 Å². The van der Waals surface area contributed by atoms with Crippen LogP contribution in [0.1, 0.15) is 5.56 Å². The Labute approximate surface area is 192 Å². The Morgan fingerprint density at radius 2 is 1.42 bits per heavy atom. The van der Waals surface area contributed by atoms with E-state index in [2.05, 4.69) is 0 Å². The number of hydrogen-bond donors (Lipinski definition) is 1. The minimum absolute atomic E-state index is 0.0639. The number of non-ortho nitro benzene ring substituents is 1. The zero-order valence-electron chi connectivity index (χ0n) is 16.1. The molecule has 0 saturated carbocycles. The van der Waals surface area contributed by atoms with Gasteiger partial charge in [-0.2, -0.15) is 21.6 Å². The minimum atomic E-state index is -5.01. The Balaban J connectivity index is 2.17. The second-order valence-corrected chi connectivity index (χ2v) is 12.7. The van der Waals surface area contributed by atoms with E-state index in [1.165, 1.54) is 30.3 Å². The molecular formula is C19H13F3IN2O7S+2. The first-order valence-corrected chi connectivity index (χ1v) is 13.2. The molecule has 0 amide bonds. The van der Waals surface area contributed by atoms with Crippen LogP contribution in [0, 0.1) is 22.2 Å². The molecule has 3 aromatic rings. The van der Waals surface area contributed by atoms with Crippen LogP contribution in [0.15, 0.2) is 77.7 Å². The van der Waals surface area contributed by atoms with Crippen molar-refractivity contribution in [2.24, 2.45) is 0 Å². The third-order valence-corrected chi connectivity index (χ3v) is 11.3. The van der Waals surface area contributed by atoms with Crippen molar-refractivity contribution in [2.45, 2.75) is 11.1 Å².